The van der Waals surface area contributed by atoms with E-state index in [9.17, 15) is 4.79 Å². The van der Waals surface area contributed by atoms with Crippen molar-refractivity contribution in [2.24, 2.45) is 5.92 Å². The van der Waals surface area contributed by atoms with Gasteiger partial charge >= 0.3 is 0 Å². The molecule has 3 heterocycles. The van der Waals surface area contributed by atoms with E-state index in [-0.39, 0.29) is 36.6 Å². The molecule has 1 fully saturated rings. The van der Waals surface area contributed by atoms with E-state index in [0.29, 0.717) is 6.54 Å². The topological polar surface area (TPSA) is 71.3 Å². The molecular formula is C13H19Cl2N5O. The van der Waals surface area contributed by atoms with Crippen molar-refractivity contribution in [1.82, 2.24) is 25.2 Å². The summed E-state index contributed by atoms with van der Waals surface area (Å²) in [6.07, 6.45) is 3.92. The highest BCUT2D eigenvalue weighted by Crippen LogP contribution is 2.10. The molecule has 1 amide bonds. The van der Waals surface area contributed by atoms with Crippen LogP contribution < -0.4 is 10.6 Å². The van der Waals surface area contributed by atoms with Crippen LogP contribution in [0.3, 0.4) is 0 Å². The zero-order valence-electron chi connectivity index (χ0n) is 11.5. The number of rotatable bonds is 3. The molecule has 2 aromatic heterocycles. The van der Waals surface area contributed by atoms with E-state index < -0.39 is 0 Å². The second kappa shape index (κ2) is 8.17. The number of hydrogen-bond donors (Lipinski definition) is 2. The number of pyridine rings is 1. The van der Waals surface area contributed by atoms with Crippen LogP contribution in [0.4, 0.5) is 0 Å². The summed E-state index contributed by atoms with van der Waals surface area (Å²) in [7, 11) is 0. The summed E-state index contributed by atoms with van der Waals surface area (Å²) in [6, 6.07) is 5.73. The molecule has 0 radical (unpaired) electrons. The van der Waals surface area contributed by atoms with Gasteiger partial charge in [0, 0.05) is 12.7 Å². The van der Waals surface area contributed by atoms with E-state index in [2.05, 4.69) is 20.8 Å². The van der Waals surface area contributed by atoms with E-state index in [4.69, 9.17) is 0 Å². The quantitative estimate of drug-likeness (QED) is 0.886. The maximum atomic E-state index is 12.0. The SMILES string of the molecule is Cl.Cl.O=C(NCc1nnc2ccccn12)C1CCCNC1. The van der Waals surface area contributed by atoms with Gasteiger partial charge in [0.1, 0.15) is 0 Å². The molecular weight excluding hydrogens is 313 g/mol. The minimum absolute atomic E-state index is 0. The molecule has 1 unspecified atom stereocenters. The van der Waals surface area contributed by atoms with E-state index >= 15 is 0 Å². The Morgan fingerprint density at radius 2 is 2.24 bits per heavy atom. The Labute approximate surface area is 135 Å². The molecule has 0 saturated carbocycles. The molecule has 2 aromatic rings. The highest BCUT2D eigenvalue weighted by molar-refractivity contribution is 5.85. The van der Waals surface area contributed by atoms with Crippen molar-refractivity contribution in [2.75, 3.05) is 13.1 Å². The van der Waals surface area contributed by atoms with Crippen molar-refractivity contribution in [2.45, 2.75) is 19.4 Å². The number of carbonyl (C=O) groups is 1. The van der Waals surface area contributed by atoms with Gasteiger partial charge in [-0.25, -0.2) is 0 Å². The first kappa shape index (κ1) is 17.7. The first-order chi connectivity index (χ1) is 9.34. The Hall–Kier alpha value is -1.37. The van der Waals surface area contributed by atoms with Gasteiger partial charge < -0.3 is 10.6 Å². The standard InChI is InChI=1S/C13H17N5O.2ClH/c19-13(10-4-3-6-14-8-10)15-9-12-17-16-11-5-1-2-7-18(11)12;;/h1-2,5,7,10,14H,3-4,6,8-9H2,(H,15,19);2*1H. The summed E-state index contributed by atoms with van der Waals surface area (Å²) in [4.78, 5) is 12.0. The van der Waals surface area contributed by atoms with Gasteiger partial charge in [0.2, 0.25) is 5.91 Å². The van der Waals surface area contributed by atoms with Crippen LogP contribution in [0.5, 0.6) is 0 Å². The summed E-state index contributed by atoms with van der Waals surface area (Å²) in [5, 5.41) is 14.3. The van der Waals surface area contributed by atoms with Gasteiger partial charge in [-0.05, 0) is 31.5 Å². The van der Waals surface area contributed by atoms with Gasteiger partial charge in [0.25, 0.3) is 0 Å². The van der Waals surface area contributed by atoms with Crippen molar-refractivity contribution < 1.29 is 4.79 Å². The Bertz CT molecular complexity index is 583. The minimum Gasteiger partial charge on any atom is -0.349 e. The third-order valence-corrected chi connectivity index (χ3v) is 3.47. The Kier molecular flexibility index (Phi) is 6.87. The summed E-state index contributed by atoms with van der Waals surface area (Å²) in [5.41, 5.74) is 0.797. The number of aromatic nitrogens is 3. The van der Waals surface area contributed by atoms with Gasteiger partial charge in [-0.15, -0.1) is 35.0 Å². The van der Waals surface area contributed by atoms with Crippen LogP contribution in [0.1, 0.15) is 18.7 Å². The summed E-state index contributed by atoms with van der Waals surface area (Å²) in [5.74, 6) is 0.931. The fourth-order valence-corrected chi connectivity index (χ4v) is 2.40. The largest absolute Gasteiger partial charge is 0.349 e. The van der Waals surface area contributed by atoms with Gasteiger partial charge in [-0.3, -0.25) is 9.20 Å². The zero-order chi connectivity index (χ0) is 13.1. The molecule has 8 heteroatoms. The monoisotopic (exact) mass is 331 g/mol. The van der Waals surface area contributed by atoms with E-state index in [0.717, 1.165) is 37.4 Å². The summed E-state index contributed by atoms with van der Waals surface area (Å²) < 4.78 is 1.89. The Balaban J connectivity index is 0.00000110. The molecule has 3 rings (SSSR count). The zero-order valence-corrected chi connectivity index (χ0v) is 13.1. The van der Waals surface area contributed by atoms with E-state index in [1.165, 1.54) is 0 Å². The number of nitrogens with zero attached hydrogens (tertiary/aromatic N) is 3. The van der Waals surface area contributed by atoms with Crippen LogP contribution in [0.25, 0.3) is 5.65 Å². The highest BCUT2D eigenvalue weighted by atomic mass is 35.5. The first-order valence-corrected chi connectivity index (χ1v) is 6.61. The smallest absolute Gasteiger partial charge is 0.224 e. The third kappa shape index (κ3) is 4.06. The molecule has 1 aliphatic rings. The van der Waals surface area contributed by atoms with Gasteiger partial charge in [-0.1, -0.05) is 6.07 Å². The molecule has 1 aliphatic heterocycles. The maximum absolute atomic E-state index is 12.0. The summed E-state index contributed by atoms with van der Waals surface area (Å²) >= 11 is 0. The number of hydrogen-bond acceptors (Lipinski definition) is 4. The van der Waals surface area contributed by atoms with Crippen LogP contribution in [0.15, 0.2) is 24.4 Å². The van der Waals surface area contributed by atoms with Crippen molar-refractivity contribution in [3.05, 3.63) is 30.2 Å². The fourth-order valence-electron chi connectivity index (χ4n) is 2.40. The van der Waals surface area contributed by atoms with Crippen LogP contribution in [-0.2, 0) is 11.3 Å². The minimum atomic E-state index is 0. The van der Waals surface area contributed by atoms with Crippen molar-refractivity contribution in [3.63, 3.8) is 0 Å². The molecule has 0 aliphatic carbocycles. The molecule has 6 nitrogen and oxygen atoms in total. The first-order valence-electron chi connectivity index (χ1n) is 6.61. The lowest BCUT2D eigenvalue weighted by Crippen LogP contribution is -2.40. The number of carbonyl (C=O) groups excluding carboxylic acids is 1. The molecule has 21 heavy (non-hydrogen) atoms. The second-order valence-electron chi connectivity index (χ2n) is 4.81. The Morgan fingerprint density at radius 3 is 3.00 bits per heavy atom. The number of amides is 1. The molecule has 1 atom stereocenters. The van der Waals surface area contributed by atoms with Crippen LogP contribution >= 0.6 is 24.8 Å². The second-order valence-corrected chi connectivity index (χ2v) is 4.81. The van der Waals surface area contributed by atoms with Crippen molar-refractivity contribution >= 4 is 36.4 Å². The predicted molar refractivity (Wildman–Crippen MR) is 84.9 cm³/mol. The average Bonchev–Trinajstić information content (AvgIpc) is 2.89. The molecule has 1 saturated heterocycles. The molecule has 116 valence electrons. The molecule has 0 spiro atoms. The van der Waals surface area contributed by atoms with Crippen LogP contribution in [0.2, 0.25) is 0 Å². The van der Waals surface area contributed by atoms with E-state index in [1.54, 1.807) is 0 Å². The number of fused-ring (bicyclic) bond motifs is 1. The van der Waals surface area contributed by atoms with Crippen LogP contribution in [0, 0.1) is 5.92 Å². The lowest BCUT2D eigenvalue weighted by molar-refractivity contribution is -0.125. The van der Waals surface area contributed by atoms with Crippen LogP contribution in [-0.4, -0.2) is 33.6 Å². The van der Waals surface area contributed by atoms with Gasteiger partial charge in [0.15, 0.2) is 11.5 Å². The summed E-state index contributed by atoms with van der Waals surface area (Å²) in [6.45, 7) is 2.20. The number of piperidine rings is 1. The molecule has 0 bridgehead atoms. The fraction of sp³-hybridized carbons (Fsp3) is 0.462. The number of nitrogens with one attached hydrogen (secondary N) is 2. The lowest BCUT2D eigenvalue weighted by Gasteiger charge is -2.21. The Morgan fingerprint density at radius 1 is 1.38 bits per heavy atom. The lowest BCUT2D eigenvalue weighted by atomic mass is 9.99. The average molecular weight is 332 g/mol. The predicted octanol–water partition coefficient (Wildman–Crippen LogP) is 1.19. The van der Waals surface area contributed by atoms with Gasteiger partial charge in [-0.2, -0.15) is 0 Å². The number of halogens is 2. The molecule has 0 aromatic carbocycles. The molecule has 2 N–H and O–H groups in total. The van der Waals surface area contributed by atoms with Gasteiger partial charge in [0.05, 0.1) is 12.5 Å². The van der Waals surface area contributed by atoms with Crippen molar-refractivity contribution in [3.8, 4) is 0 Å². The van der Waals surface area contributed by atoms with Crippen molar-refractivity contribution in [1.29, 1.82) is 0 Å². The maximum Gasteiger partial charge on any atom is 0.224 e. The van der Waals surface area contributed by atoms with E-state index in [1.807, 2.05) is 28.8 Å². The normalized spacial score (nSPS) is 17.6. The third-order valence-electron chi connectivity index (χ3n) is 3.47. The highest BCUT2D eigenvalue weighted by Gasteiger charge is 2.20.